The molecule has 1 aromatic rings. The van der Waals surface area contributed by atoms with Crippen molar-refractivity contribution in [2.24, 2.45) is 11.8 Å². The molecule has 1 aromatic carbocycles. The zero-order chi connectivity index (χ0) is 13.8. The van der Waals surface area contributed by atoms with E-state index < -0.39 is 0 Å². The molecule has 0 saturated carbocycles. The van der Waals surface area contributed by atoms with Crippen molar-refractivity contribution >= 4 is 0 Å². The van der Waals surface area contributed by atoms with Crippen molar-refractivity contribution in [2.75, 3.05) is 26.2 Å². The number of nitrogens with one attached hydrogen (secondary N) is 1. The molecule has 2 heterocycles. The van der Waals surface area contributed by atoms with Crippen LogP contribution in [0, 0.1) is 17.7 Å². The molecule has 110 valence electrons. The van der Waals surface area contributed by atoms with Crippen LogP contribution in [-0.4, -0.2) is 31.1 Å². The second-order valence-electron chi connectivity index (χ2n) is 6.33. The number of likely N-dealkylation sites (tertiary alicyclic amines) is 1. The van der Waals surface area contributed by atoms with Crippen molar-refractivity contribution < 1.29 is 4.39 Å². The Morgan fingerprint density at radius 3 is 2.20 bits per heavy atom. The predicted molar refractivity (Wildman–Crippen MR) is 80.0 cm³/mol. The summed E-state index contributed by atoms with van der Waals surface area (Å²) in [7, 11) is 0. The molecule has 3 rings (SSSR count). The molecule has 0 spiro atoms. The van der Waals surface area contributed by atoms with Gasteiger partial charge in [-0.15, -0.1) is 0 Å². The fraction of sp³-hybridized carbons (Fsp3) is 0.647. The largest absolute Gasteiger partial charge is 0.317 e. The fourth-order valence-electron chi connectivity index (χ4n) is 3.75. The number of benzene rings is 1. The summed E-state index contributed by atoms with van der Waals surface area (Å²) in [5.41, 5.74) is 1.23. The lowest BCUT2D eigenvalue weighted by Crippen LogP contribution is -2.39. The van der Waals surface area contributed by atoms with E-state index in [-0.39, 0.29) is 5.82 Å². The Morgan fingerprint density at radius 2 is 1.55 bits per heavy atom. The molecule has 0 aliphatic carbocycles. The minimum absolute atomic E-state index is 0.140. The number of piperidine rings is 2. The van der Waals surface area contributed by atoms with Crippen molar-refractivity contribution in [3.05, 3.63) is 35.6 Å². The smallest absolute Gasteiger partial charge is 0.123 e. The van der Waals surface area contributed by atoms with Gasteiger partial charge in [-0.05, 0) is 81.4 Å². The SMILES string of the molecule is Fc1ccc(CN2CCC(C3CCNCC3)CC2)cc1. The molecule has 0 unspecified atom stereocenters. The maximum atomic E-state index is 12.9. The van der Waals surface area contributed by atoms with E-state index in [1.165, 1.54) is 57.4 Å². The van der Waals surface area contributed by atoms with Gasteiger partial charge in [0, 0.05) is 6.54 Å². The zero-order valence-corrected chi connectivity index (χ0v) is 12.2. The molecular formula is C17H25FN2. The summed E-state index contributed by atoms with van der Waals surface area (Å²) in [6, 6.07) is 6.96. The summed E-state index contributed by atoms with van der Waals surface area (Å²) in [5, 5.41) is 3.46. The van der Waals surface area contributed by atoms with Gasteiger partial charge in [-0.25, -0.2) is 4.39 Å². The monoisotopic (exact) mass is 276 g/mol. The Morgan fingerprint density at radius 1 is 0.950 bits per heavy atom. The van der Waals surface area contributed by atoms with Gasteiger partial charge < -0.3 is 5.32 Å². The Hall–Kier alpha value is -0.930. The van der Waals surface area contributed by atoms with E-state index in [4.69, 9.17) is 0 Å². The van der Waals surface area contributed by atoms with E-state index in [9.17, 15) is 4.39 Å². The van der Waals surface area contributed by atoms with Crippen LogP contribution in [0.2, 0.25) is 0 Å². The number of rotatable bonds is 3. The Balaban J connectivity index is 1.47. The highest BCUT2D eigenvalue weighted by Gasteiger charge is 2.27. The first-order valence-corrected chi connectivity index (χ1v) is 7.99. The lowest BCUT2D eigenvalue weighted by Gasteiger charge is -2.37. The van der Waals surface area contributed by atoms with Gasteiger partial charge >= 0.3 is 0 Å². The summed E-state index contributed by atoms with van der Waals surface area (Å²) in [4.78, 5) is 2.52. The molecule has 0 bridgehead atoms. The highest BCUT2D eigenvalue weighted by atomic mass is 19.1. The third-order valence-corrected chi connectivity index (χ3v) is 5.00. The van der Waals surface area contributed by atoms with Crippen molar-refractivity contribution in [3.63, 3.8) is 0 Å². The maximum absolute atomic E-state index is 12.9. The first kappa shape index (κ1) is 14.0. The van der Waals surface area contributed by atoms with Crippen molar-refractivity contribution in [1.82, 2.24) is 10.2 Å². The summed E-state index contributed by atoms with van der Waals surface area (Å²) < 4.78 is 12.9. The third-order valence-electron chi connectivity index (χ3n) is 5.00. The van der Waals surface area contributed by atoms with Gasteiger partial charge in [0.05, 0.1) is 0 Å². The molecule has 0 radical (unpaired) electrons. The highest BCUT2D eigenvalue weighted by molar-refractivity contribution is 5.15. The number of hydrogen-bond donors (Lipinski definition) is 1. The maximum Gasteiger partial charge on any atom is 0.123 e. The molecule has 0 atom stereocenters. The van der Waals surface area contributed by atoms with E-state index >= 15 is 0 Å². The lowest BCUT2D eigenvalue weighted by atomic mass is 9.79. The summed E-state index contributed by atoms with van der Waals surface area (Å²) >= 11 is 0. The van der Waals surface area contributed by atoms with Gasteiger partial charge in [0.1, 0.15) is 5.82 Å². The number of halogens is 1. The van der Waals surface area contributed by atoms with E-state index in [1.54, 1.807) is 12.1 Å². The van der Waals surface area contributed by atoms with Crippen molar-refractivity contribution in [1.29, 1.82) is 0 Å². The Kier molecular flexibility index (Phi) is 4.69. The van der Waals surface area contributed by atoms with Crippen LogP contribution in [0.3, 0.4) is 0 Å². The molecule has 20 heavy (non-hydrogen) atoms. The normalized spacial score (nSPS) is 23.1. The number of hydrogen-bond acceptors (Lipinski definition) is 2. The van der Waals surface area contributed by atoms with Gasteiger partial charge in [0.25, 0.3) is 0 Å². The van der Waals surface area contributed by atoms with Crippen LogP contribution >= 0.6 is 0 Å². The molecule has 2 saturated heterocycles. The molecule has 2 aliphatic heterocycles. The summed E-state index contributed by atoms with van der Waals surface area (Å²) in [6.45, 7) is 5.79. The average Bonchev–Trinajstić information content (AvgIpc) is 2.51. The van der Waals surface area contributed by atoms with Gasteiger partial charge in [-0.2, -0.15) is 0 Å². The summed E-state index contributed by atoms with van der Waals surface area (Å²) in [5.74, 6) is 1.74. The van der Waals surface area contributed by atoms with Crippen LogP contribution in [0.15, 0.2) is 24.3 Å². The first-order valence-electron chi connectivity index (χ1n) is 7.99. The van der Waals surface area contributed by atoms with Crippen LogP contribution < -0.4 is 5.32 Å². The van der Waals surface area contributed by atoms with Crippen LogP contribution in [0.25, 0.3) is 0 Å². The molecule has 1 N–H and O–H groups in total. The quantitative estimate of drug-likeness (QED) is 0.913. The second kappa shape index (κ2) is 6.68. The van der Waals surface area contributed by atoms with Gasteiger partial charge in [-0.3, -0.25) is 4.90 Å². The van der Waals surface area contributed by atoms with Gasteiger partial charge in [-0.1, -0.05) is 12.1 Å². The number of nitrogens with zero attached hydrogens (tertiary/aromatic N) is 1. The topological polar surface area (TPSA) is 15.3 Å². The van der Waals surface area contributed by atoms with E-state index in [0.717, 1.165) is 18.4 Å². The van der Waals surface area contributed by atoms with Gasteiger partial charge in [0.2, 0.25) is 0 Å². The van der Waals surface area contributed by atoms with Crippen LogP contribution in [0.1, 0.15) is 31.2 Å². The Labute approximate surface area is 121 Å². The van der Waals surface area contributed by atoms with E-state index in [2.05, 4.69) is 10.2 Å². The molecule has 3 heteroatoms. The first-order chi connectivity index (χ1) is 9.81. The summed E-state index contributed by atoms with van der Waals surface area (Å²) in [6.07, 6.45) is 5.41. The molecule has 2 fully saturated rings. The third kappa shape index (κ3) is 3.58. The lowest BCUT2D eigenvalue weighted by molar-refractivity contribution is 0.126. The fourth-order valence-corrected chi connectivity index (χ4v) is 3.75. The molecule has 0 aromatic heterocycles. The minimum atomic E-state index is -0.140. The van der Waals surface area contributed by atoms with Crippen LogP contribution in [0.4, 0.5) is 4.39 Å². The molecule has 2 nitrogen and oxygen atoms in total. The Bertz CT molecular complexity index is 404. The predicted octanol–water partition coefficient (Wildman–Crippen LogP) is 3.04. The van der Waals surface area contributed by atoms with Crippen molar-refractivity contribution in [3.8, 4) is 0 Å². The van der Waals surface area contributed by atoms with Gasteiger partial charge in [0.15, 0.2) is 0 Å². The zero-order valence-electron chi connectivity index (χ0n) is 12.2. The van der Waals surface area contributed by atoms with E-state index in [0.29, 0.717) is 0 Å². The molecular weight excluding hydrogens is 251 g/mol. The van der Waals surface area contributed by atoms with Crippen LogP contribution in [0.5, 0.6) is 0 Å². The second-order valence-corrected chi connectivity index (χ2v) is 6.33. The van der Waals surface area contributed by atoms with E-state index in [1.807, 2.05) is 12.1 Å². The molecule has 0 amide bonds. The average molecular weight is 276 g/mol. The molecule has 2 aliphatic rings. The minimum Gasteiger partial charge on any atom is -0.317 e. The van der Waals surface area contributed by atoms with Crippen molar-refractivity contribution in [2.45, 2.75) is 32.2 Å². The standard InChI is InChI=1S/C17H25FN2/c18-17-3-1-14(2-4-17)13-20-11-7-16(8-12-20)15-5-9-19-10-6-15/h1-4,15-16,19H,5-13H2. The highest BCUT2D eigenvalue weighted by Crippen LogP contribution is 2.31. The van der Waals surface area contributed by atoms with Crippen LogP contribution in [-0.2, 0) is 6.54 Å².